The van der Waals surface area contributed by atoms with E-state index in [1.165, 1.54) is 17.0 Å². The van der Waals surface area contributed by atoms with Crippen LogP contribution in [0.3, 0.4) is 0 Å². The Kier molecular flexibility index (Phi) is 6.52. The van der Waals surface area contributed by atoms with Gasteiger partial charge in [0.1, 0.15) is 6.61 Å². The van der Waals surface area contributed by atoms with Gasteiger partial charge in [0.2, 0.25) is 0 Å². The van der Waals surface area contributed by atoms with Crippen molar-refractivity contribution >= 4 is 11.8 Å². The number of nitrogens with zero attached hydrogens (tertiary/aromatic N) is 1. The summed E-state index contributed by atoms with van der Waals surface area (Å²) in [6.07, 6.45) is 2.94. The fourth-order valence-electron chi connectivity index (χ4n) is 3.24. The lowest BCUT2D eigenvalue weighted by Gasteiger charge is -2.17. The summed E-state index contributed by atoms with van der Waals surface area (Å²) in [7, 11) is 0. The highest BCUT2D eigenvalue weighted by Gasteiger charge is 2.34. The summed E-state index contributed by atoms with van der Waals surface area (Å²) < 4.78 is 33.0. The SMILES string of the molecule is O=C1c2ccccc2C(=[18O])N1CCCCCCOCC(F)(F)c1ccccc1. The minimum atomic E-state index is -2.99. The van der Waals surface area contributed by atoms with E-state index >= 15 is 0 Å². The van der Waals surface area contributed by atoms with Gasteiger partial charge in [0.05, 0.1) is 11.1 Å². The van der Waals surface area contributed by atoms with Gasteiger partial charge in [0.15, 0.2) is 0 Å². The van der Waals surface area contributed by atoms with Crippen LogP contribution in [0.4, 0.5) is 8.78 Å². The molecular weight excluding hydrogens is 366 g/mol. The monoisotopic (exact) mass is 389 g/mol. The van der Waals surface area contributed by atoms with Gasteiger partial charge in [0, 0.05) is 18.7 Å². The average Bonchev–Trinajstić information content (AvgIpc) is 2.95. The Labute approximate surface area is 163 Å². The lowest BCUT2D eigenvalue weighted by Crippen LogP contribution is -2.30. The number of carbonyl (C=O) groups excluding carboxylic acids is 2. The second-order valence-corrected chi connectivity index (χ2v) is 6.84. The predicted molar refractivity (Wildman–Crippen MR) is 101 cm³/mol. The van der Waals surface area contributed by atoms with Crippen LogP contribution in [0.25, 0.3) is 0 Å². The molecule has 6 heteroatoms. The van der Waals surface area contributed by atoms with Gasteiger partial charge in [0.25, 0.3) is 17.7 Å². The third kappa shape index (κ3) is 4.62. The molecule has 2 aromatic rings. The number of hydrogen-bond acceptors (Lipinski definition) is 3. The zero-order valence-corrected chi connectivity index (χ0v) is 15.6. The molecule has 0 unspecified atom stereocenters. The van der Waals surface area contributed by atoms with E-state index in [0.717, 1.165) is 12.8 Å². The number of ether oxygens (including phenoxy) is 1. The van der Waals surface area contributed by atoms with Crippen molar-refractivity contribution in [1.82, 2.24) is 4.90 Å². The smallest absolute Gasteiger partial charge is 0.296 e. The fourth-order valence-corrected chi connectivity index (χ4v) is 3.24. The topological polar surface area (TPSA) is 46.6 Å². The highest BCUT2D eigenvalue weighted by atomic mass is 19.3. The second-order valence-electron chi connectivity index (χ2n) is 6.84. The number of unbranched alkanes of at least 4 members (excludes halogenated alkanes) is 3. The van der Waals surface area contributed by atoms with E-state index in [2.05, 4.69) is 0 Å². The van der Waals surface area contributed by atoms with E-state index in [1.807, 2.05) is 0 Å². The molecular formula is C22H23F2NO3. The third-order valence-corrected chi connectivity index (χ3v) is 4.78. The van der Waals surface area contributed by atoms with E-state index in [-0.39, 0.29) is 24.0 Å². The van der Waals surface area contributed by atoms with Gasteiger partial charge < -0.3 is 4.74 Å². The molecule has 0 aliphatic carbocycles. The molecule has 0 spiro atoms. The molecule has 148 valence electrons. The number of hydrogen-bond donors (Lipinski definition) is 0. The summed E-state index contributed by atoms with van der Waals surface area (Å²) in [6.45, 7) is 0.000770. The molecule has 0 bridgehead atoms. The Morgan fingerprint density at radius 3 is 2.25 bits per heavy atom. The Balaban J connectivity index is 1.30. The summed E-state index contributed by atoms with van der Waals surface area (Å²) in [5, 5.41) is 0. The molecule has 28 heavy (non-hydrogen) atoms. The number of amides is 2. The molecule has 4 nitrogen and oxygen atoms in total. The molecule has 0 atom stereocenters. The van der Waals surface area contributed by atoms with Crippen LogP contribution in [-0.2, 0) is 10.7 Å². The van der Waals surface area contributed by atoms with Gasteiger partial charge >= 0.3 is 0 Å². The number of halogens is 2. The summed E-state index contributed by atoms with van der Waals surface area (Å²) in [6, 6.07) is 14.5. The molecule has 0 N–H and O–H groups in total. The van der Waals surface area contributed by atoms with Crippen molar-refractivity contribution in [3.63, 3.8) is 0 Å². The zero-order valence-electron chi connectivity index (χ0n) is 15.6. The Bertz CT molecular complexity index is 789. The van der Waals surface area contributed by atoms with E-state index in [9.17, 15) is 18.4 Å². The Hall–Kier alpha value is -2.60. The number of benzene rings is 2. The number of fused-ring (bicyclic) bond motifs is 1. The minimum absolute atomic E-state index is 0.0454. The van der Waals surface area contributed by atoms with E-state index in [4.69, 9.17) is 4.74 Å². The first kappa shape index (κ1) is 20.1. The highest BCUT2D eigenvalue weighted by molar-refractivity contribution is 6.21. The number of carbonyl (C=O) groups is 2. The molecule has 2 aromatic carbocycles. The molecule has 0 aromatic heterocycles. The largest absolute Gasteiger partial charge is 0.375 e. The van der Waals surface area contributed by atoms with Crippen LogP contribution in [0.1, 0.15) is 52.0 Å². The van der Waals surface area contributed by atoms with Crippen molar-refractivity contribution in [2.75, 3.05) is 19.8 Å². The molecule has 1 aliphatic rings. The van der Waals surface area contributed by atoms with Crippen molar-refractivity contribution < 1.29 is 23.1 Å². The van der Waals surface area contributed by atoms with Gasteiger partial charge in [-0.3, -0.25) is 14.5 Å². The standard InChI is InChI=1S/C22H23F2NO3/c23-22(24,17-10-4-3-5-11-17)16-28-15-9-2-1-8-14-25-20(26)18-12-6-7-13-19(18)21(25)27/h3-7,10-13H,1-2,8-9,14-16H2/i26+2. The van der Waals surface area contributed by atoms with Gasteiger partial charge in [-0.15, -0.1) is 0 Å². The highest BCUT2D eigenvalue weighted by Crippen LogP contribution is 2.28. The van der Waals surface area contributed by atoms with Crippen LogP contribution in [0.2, 0.25) is 0 Å². The van der Waals surface area contributed by atoms with Crippen LogP contribution in [0.15, 0.2) is 54.6 Å². The van der Waals surface area contributed by atoms with E-state index < -0.39 is 12.5 Å². The van der Waals surface area contributed by atoms with E-state index in [1.54, 1.807) is 42.5 Å². The molecule has 1 heterocycles. The molecule has 3 rings (SSSR count). The van der Waals surface area contributed by atoms with Crippen molar-refractivity contribution in [3.05, 3.63) is 71.3 Å². The van der Waals surface area contributed by atoms with Crippen LogP contribution in [0, 0.1) is 0 Å². The maximum atomic E-state index is 14.0. The maximum Gasteiger partial charge on any atom is 0.296 e. The minimum Gasteiger partial charge on any atom is -0.375 e. The number of imide groups is 1. The first-order valence-corrected chi connectivity index (χ1v) is 9.47. The normalized spacial score (nSPS) is 13.9. The summed E-state index contributed by atoms with van der Waals surface area (Å²) in [5.74, 6) is -3.48. The Morgan fingerprint density at radius 1 is 0.893 bits per heavy atom. The zero-order chi connectivity index (χ0) is 20.0. The molecule has 0 saturated carbocycles. The second kappa shape index (κ2) is 9.06. The lowest BCUT2D eigenvalue weighted by atomic mass is 10.1. The molecule has 0 fully saturated rings. The number of rotatable bonds is 10. The summed E-state index contributed by atoms with van der Waals surface area (Å²) in [5.41, 5.74) is 0.872. The van der Waals surface area contributed by atoms with Crippen LogP contribution in [-0.4, -0.2) is 36.5 Å². The van der Waals surface area contributed by atoms with Crippen molar-refractivity contribution in [1.29, 1.82) is 0 Å². The average molecular weight is 389 g/mol. The Morgan fingerprint density at radius 2 is 1.54 bits per heavy atom. The molecule has 1 aliphatic heterocycles. The van der Waals surface area contributed by atoms with E-state index in [0.29, 0.717) is 30.5 Å². The van der Waals surface area contributed by atoms with Crippen LogP contribution < -0.4 is 0 Å². The molecule has 2 amide bonds. The summed E-state index contributed by atoms with van der Waals surface area (Å²) in [4.78, 5) is 25.8. The fraction of sp³-hybridized carbons (Fsp3) is 0.364. The molecule has 0 saturated heterocycles. The molecule has 0 radical (unpaired) electrons. The number of alkyl halides is 2. The van der Waals surface area contributed by atoms with Crippen molar-refractivity contribution in [3.8, 4) is 0 Å². The van der Waals surface area contributed by atoms with Crippen LogP contribution >= 0.6 is 0 Å². The van der Waals surface area contributed by atoms with Gasteiger partial charge in [-0.05, 0) is 25.0 Å². The quantitative estimate of drug-likeness (QED) is 0.338. The van der Waals surface area contributed by atoms with Gasteiger partial charge in [-0.2, -0.15) is 8.78 Å². The first-order chi connectivity index (χ1) is 13.5. The third-order valence-electron chi connectivity index (χ3n) is 4.78. The summed E-state index contributed by atoms with van der Waals surface area (Å²) >= 11 is 0. The van der Waals surface area contributed by atoms with Gasteiger partial charge in [-0.1, -0.05) is 55.3 Å². The van der Waals surface area contributed by atoms with Gasteiger partial charge in [-0.25, -0.2) is 0 Å². The van der Waals surface area contributed by atoms with Crippen molar-refractivity contribution in [2.24, 2.45) is 0 Å². The lowest BCUT2D eigenvalue weighted by molar-refractivity contribution is -0.0831. The first-order valence-electron chi connectivity index (χ1n) is 9.47. The predicted octanol–water partition coefficient (Wildman–Crippen LogP) is 4.65. The maximum absolute atomic E-state index is 14.0. The van der Waals surface area contributed by atoms with Crippen LogP contribution in [0.5, 0.6) is 0 Å². The van der Waals surface area contributed by atoms with Crippen molar-refractivity contribution in [2.45, 2.75) is 31.6 Å².